The van der Waals surface area contributed by atoms with Crippen molar-refractivity contribution in [1.82, 2.24) is 4.90 Å². The van der Waals surface area contributed by atoms with Gasteiger partial charge < -0.3 is 20.3 Å². The summed E-state index contributed by atoms with van der Waals surface area (Å²) in [6.45, 7) is 4.32. The van der Waals surface area contributed by atoms with Gasteiger partial charge in [0, 0.05) is 24.0 Å². The Labute approximate surface area is 180 Å². The number of aliphatic hydroxyl groups is 1. The predicted octanol–water partition coefficient (Wildman–Crippen LogP) is 3.27. The number of carbonyl (C=O) groups is 2. The molecule has 0 radical (unpaired) electrons. The summed E-state index contributed by atoms with van der Waals surface area (Å²) in [7, 11) is 0. The van der Waals surface area contributed by atoms with Crippen LogP contribution in [0.4, 0.5) is 5.69 Å². The third-order valence-corrected chi connectivity index (χ3v) is 5.91. The van der Waals surface area contributed by atoms with Crippen molar-refractivity contribution in [1.29, 1.82) is 0 Å². The maximum atomic E-state index is 12.5. The summed E-state index contributed by atoms with van der Waals surface area (Å²) in [6.07, 6.45) is 5.30. The van der Waals surface area contributed by atoms with Crippen molar-refractivity contribution in [2.24, 2.45) is 0 Å². The fourth-order valence-corrected chi connectivity index (χ4v) is 4.20. The Morgan fingerprint density at radius 2 is 2.00 bits per heavy atom. The number of hydrogen-bond donors (Lipinski definition) is 2. The largest absolute Gasteiger partial charge is 0.458 e. The Balaban J connectivity index is 2.10. The van der Waals surface area contributed by atoms with Gasteiger partial charge in [0.2, 0.25) is 0 Å². The molecule has 29 heavy (non-hydrogen) atoms. The van der Waals surface area contributed by atoms with E-state index in [1.54, 1.807) is 12.1 Å². The molecule has 0 amide bonds. The molecule has 2 rings (SSSR count). The van der Waals surface area contributed by atoms with Crippen LogP contribution in [-0.4, -0.2) is 53.8 Å². The molecule has 0 aliphatic heterocycles. The van der Waals surface area contributed by atoms with E-state index in [-0.39, 0.29) is 6.61 Å². The van der Waals surface area contributed by atoms with Crippen LogP contribution in [0.5, 0.6) is 0 Å². The molecule has 1 saturated carbocycles. The highest BCUT2D eigenvalue weighted by atomic mass is 79.9. The summed E-state index contributed by atoms with van der Waals surface area (Å²) in [5.41, 5.74) is 8.12. The van der Waals surface area contributed by atoms with Gasteiger partial charge in [-0.05, 0) is 53.0 Å². The van der Waals surface area contributed by atoms with Gasteiger partial charge in [-0.15, -0.1) is 0 Å². The summed E-state index contributed by atoms with van der Waals surface area (Å²) in [5, 5.41) is 9.23. The zero-order valence-corrected chi connectivity index (χ0v) is 18.7. The summed E-state index contributed by atoms with van der Waals surface area (Å²) in [4.78, 5) is 25.9. The Bertz CT molecular complexity index is 707. The van der Waals surface area contributed by atoms with E-state index in [0.29, 0.717) is 28.3 Å². The van der Waals surface area contributed by atoms with Crippen LogP contribution in [-0.2, 0) is 20.8 Å². The van der Waals surface area contributed by atoms with Crippen molar-refractivity contribution in [3.63, 3.8) is 0 Å². The minimum absolute atomic E-state index is 0.213. The number of aliphatic hydroxyl groups excluding tert-OH is 1. The normalized spacial score (nSPS) is 15.9. The molecule has 1 fully saturated rings. The molecule has 0 saturated heterocycles. The standard InChI is InChI=1S/C21H31BrN2O5/c1-3-24(17-7-5-4-6-8-17)11-16-9-15(10-19(22)20(16)23)21(27)28-13-18(12-25)29-14(2)26/h9-10,17-18,25H,3-8,11-13,23H2,1-2H3. The van der Waals surface area contributed by atoms with Gasteiger partial charge in [0.1, 0.15) is 6.61 Å². The van der Waals surface area contributed by atoms with Gasteiger partial charge in [-0.1, -0.05) is 26.2 Å². The molecule has 1 aromatic carbocycles. The fraction of sp³-hybridized carbons (Fsp3) is 0.619. The van der Waals surface area contributed by atoms with Crippen molar-refractivity contribution >= 4 is 33.6 Å². The van der Waals surface area contributed by atoms with E-state index in [2.05, 4.69) is 27.8 Å². The number of nitrogens with zero attached hydrogens (tertiary/aromatic N) is 1. The van der Waals surface area contributed by atoms with Crippen LogP contribution in [0.3, 0.4) is 0 Å². The third kappa shape index (κ3) is 6.97. The molecule has 1 unspecified atom stereocenters. The first-order valence-electron chi connectivity index (χ1n) is 10.1. The molecule has 1 aliphatic carbocycles. The number of nitrogen functional groups attached to an aromatic ring is 1. The molecule has 3 N–H and O–H groups in total. The van der Waals surface area contributed by atoms with Crippen LogP contribution in [0.2, 0.25) is 0 Å². The number of halogens is 1. The lowest BCUT2D eigenvalue weighted by molar-refractivity contribution is -0.150. The van der Waals surface area contributed by atoms with Gasteiger partial charge in [0.25, 0.3) is 0 Å². The van der Waals surface area contributed by atoms with Crippen LogP contribution in [0, 0.1) is 0 Å². The Hall–Kier alpha value is -1.64. The van der Waals surface area contributed by atoms with Crippen molar-refractivity contribution in [3.8, 4) is 0 Å². The number of hydrogen-bond acceptors (Lipinski definition) is 7. The van der Waals surface area contributed by atoms with Crippen LogP contribution in [0.15, 0.2) is 16.6 Å². The molecule has 0 bridgehead atoms. The van der Waals surface area contributed by atoms with Gasteiger partial charge in [0.15, 0.2) is 6.10 Å². The molecule has 1 atom stereocenters. The number of nitrogens with two attached hydrogens (primary N) is 1. The summed E-state index contributed by atoms with van der Waals surface area (Å²) < 4.78 is 10.8. The lowest BCUT2D eigenvalue weighted by Gasteiger charge is -2.34. The van der Waals surface area contributed by atoms with E-state index in [4.69, 9.17) is 15.2 Å². The molecule has 1 aliphatic rings. The van der Waals surface area contributed by atoms with Crippen molar-refractivity contribution in [3.05, 3.63) is 27.7 Å². The second-order valence-corrected chi connectivity index (χ2v) is 8.25. The van der Waals surface area contributed by atoms with E-state index in [0.717, 1.165) is 12.1 Å². The van der Waals surface area contributed by atoms with E-state index >= 15 is 0 Å². The molecule has 1 aromatic rings. The Kier molecular flexibility index (Phi) is 9.39. The minimum atomic E-state index is -0.880. The lowest BCUT2D eigenvalue weighted by atomic mass is 9.93. The zero-order chi connectivity index (χ0) is 21.4. The van der Waals surface area contributed by atoms with Gasteiger partial charge in [-0.3, -0.25) is 9.69 Å². The van der Waals surface area contributed by atoms with E-state index in [1.165, 1.54) is 39.0 Å². The van der Waals surface area contributed by atoms with Gasteiger partial charge >= 0.3 is 11.9 Å². The van der Waals surface area contributed by atoms with Gasteiger partial charge in [-0.25, -0.2) is 4.79 Å². The van der Waals surface area contributed by atoms with Crippen LogP contribution < -0.4 is 5.73 Å². The average Bonchev–Trinajstić information content (AvgIpc) is 2.72. The SMILES string of the molecule is CCN(Cc1cc(C(=O)OCC(CO)OC(C)=O)cc(Br)c1N)C1CCCCC1. The number of carbonyl (C=O) groups excluding carboxylic acids is 2. The van der Waals surface area contributed by atoms with Crippen molar-refractivity contribution in [2.45, 2.75) is 64.6 Å². The zero-order valence-electron chi connectivity index (χ0n) is 17.2. The minimum Gasteiger partial charge on any atom is -0.458 e. The first kappa shape index (κ1) is 23.6. The molecule has 7 nitrogen and oxygen atoms in total. The van der Waals surface area contributed by atoms with Gasteiger partial charge in [-0.2, -0.15) is 0 Å². The molecule has 0 spiro atoms. The molecule has 0 heterocycles. The number of anilines is 1. The average molecular weight is 471 g/mol. The molecule has 162 valence electrons. The maximum absolute atomic E-state index is 12.5. The van der Waals surface area contributed by atoms with Crippen LogP contribution in [0.1, 0.15) is 61.9 Å². The topological polar surface area (TPSA) is 102 Å². The second kappa shape index (κ2) is 11.5. The predicted molar refractivity (Wildman–Crippen MR) is 114 cm³/mol. The number of ether oxygens (including phenoxy) is 2. The first-order valence-corrected chi connectivity index (χ1v) is 10.9. The summed E-state index contributed by atoms with van der Waals surface area (Å²) >= 11 is 3.44. The van der Waals surface area contributed by atoms with E-state index in [1.807, 2.05) is 0 Å². The number of rotatable bonds is 9. The molecular weight excluding hydrogens is 440 g/mol. The maximum Gasteiger partial charge on any atom is 0.338 e. The van der Waals surface area contributed by atoms with E-state index < -0.39 is 24.6 Å². The Morgan fingerprint density at radius 1 is 1.31 bits per heavy atom. The van der Waals surface area contributed by atoms with Crippen LogP contribution >= 0.6 is 15.9 Å². The highest BCUT2D eigenvalue weighted by Gasteiger charge is 2.22. The first-order chi connectivity index (χ1) is 13.8. The highest BCUT2D eigenvalue weighted by Crippen LogP contribution is 2.30. The molecular formula is C21H31BrN2O5. The quantitative estimate of drug-likeness (QED) is 0.421. The molecule has 8 heteroatoms. The van der Waals surface area contributed by atoms with Crippen molar-refractivity contribution < 1.29 is 24.2 Å². The number of benzene rings is 1. The molecule has 0 aromatic heterocycles. The van der Waals surface area contributed by atoms with Crippen LogP contribution in [0.25, 0.3) is 0 Å². The number of esters is 2. The van der Waals surface area contributed by atoms with E-state index in [9.17, 15) is 14.7 Å². The summed E-state index contributed by atoms with van der Waals surface area (Å²) in [6, 6.07) is 3.92. The highest BCUT2D eigenvalue weighted by molar-refractivity contribution is 9.10. The van der Waals surface area contributed by atoms with Crippen molar-refractivity contribution in [2.75, 3.05) is 25.5 Å². The smallest absolute Gasteiger partial charge is 0.338 e. The lowest BCUT2D eigenvalue weighted by Crippen LogP contribution is -2.36. The summed E-state index contributed by atoms with van der Waals surface area (Å²) in [5.74, 6) is -1.10. The Morgan fingerprint density at radius 3 is 2.59 bits per heavy atom. The third-order valence-electron chi connectivity index (χ3n) is 5.26. The van der Waals surface area contributed by atoms with Gasteiger partial charge in [0.05, 0.1) is 17.9 Å². The monoisotopic (exact) mass is 470 g/mol. The second-order valence-electron chi connectivity index (χ2n) is 7.40. The fourth-order valence-electron chi connectivity index (χ4n) is 3.70.